The van der Waals surface area contributed by atoms with Gasteiger partial charge in [-0.25, -0.2) is 13.4 Å². The topological polar surface area (TPSA) is 78.7 Å². The molecule has 0 amide bonds. The quantitative estimate of drug-likeness (QED) is 0.527. The number of anilines is 2. The van der Waals surface area contributed by atoms with Gasteiger partial charge in [0.05, 0.1) is 28.5 Å². The number of nitrogens with zero attached hydrogens (tertiary/aromatic N) is 3. The van der Waals surface area contributed by atoms with Gasteiger partial charge in [0.15, 0.2) is 0 Å². The van der Waals surface area contributed by atoms with Crippen LogP contribution in [0.2, 0.25) is 0 Å². The second-order valence-electron chi connectivity index (χ2n) is 6.78. The maximum atomic E-state index is 12.9. The van der Waals surface area contributed by atoms with E-state index in [2.05, 4.69) is 22.5 Å². The molecule has 3 aromatic rings. The van der Waals surface area contributed by atoms with Crippen LogP contribution >= 0.6 is 0 Å². The fraction of sp³-hybridized carbons (Fsp3) is 0.381. The zero-order valence-electron chi connectivity index (χ0n) is 17.2. The van der Waals surface area contributed by atoms with Gasteiger partial charge in [0.25, 0.3) is 0 Å². The summed E-state index contributed by atoms with van der Waals surface area (Å²) in [7, 11) is -3.52. The maximum absolute atomic E-state index is 12.9. The van der Waals surface area contributed by atoms with Gasteiger partial charge in [0.1, 0.15) is 5.65 Å². The minimum absolute atomic E-state index is 0.292. The highest BCUT2D eigenvalue weighted by Gasteiger charge is 2.22. The number of fused-ring (bicyclic) bond motifs is 1. The predicted octanol–water partition coefficient (Wildman–Crippen LogP) is 3.80. The van der Waals surface area contributed by atoms with Gasteiger partial charge >= 0.3 is 0 Å². The van der Waals surface area contributed by atoms with Crippen molar-refractivity contribution in [2.75, 3.05) is 30.3 Å². The van der Waals surface area contributed by atoms with E-state index < -0.39 is 10.0 Å². The normalized spacial score (nSPS) is 11.9. The van der Waals surface area contributed by atoms with Gasteiger partial charge in [-0.15, -0.1) is 0 Å². The van der Waals surface area contributed by atoms with Crippen LogP contribution in [-0.4, -0.2) is 41.7 Å². The number of aromatic nitrogens is 2. The lowest BCUT2D eigenvalue weighted by molar-refractivity contribution is 0.445. The van der Waals surface area contributed by atoms with Gasteiger partial charge in [-0.3, -0.25) is 0 Å². The average molecular weight is 416 g/mol. The molecule has 0 aliphatic heterocycles. The molecule has 0 bridgehead atoms. The fourth-order valence-corrected chi connectivity index (χ4v) is 4.70. The third-order valence-electron chi connectivity index (χ3n) is 4.77. The summed E-state index contributed by atoms with van der Waals surface area (Å²) >= 11 is 0. The molecule has 0 unspecified atom stereocenters. The first-order chi connectivity index (χ1) is 14.0. The third-order valence-corrected chi connectivity index (χ3v) is 6.82. The van der Waals surface area contributed by atoms with Gasteiger partial charge < -0.3 is 15.0 Å². The van der Waals surface area contributed by atoms with E-state index >= 15 is 0 Å². The van der Waals surface area contributed by atoms with Crippen molar-refractivity contribution in [3.8, 4) is 0 Å². The van der Waals surface area contributed by atoms with Crippen molar-refractivity contribution in [2.45, 2.75) is 38.6 Å². The van der Waals surface area contributed by atoms with Gasteiger partial charge in [-0.2, -0.15) is 4.31 Å². The monoisotopic (exact) mass is 415 g/mol. The molecule has 1 aromatic carbocycles. The molecule has 0 aliphatic rings. The van der Waals surface area contributed by atoms with Crippen LogP contribution in [0.3, 0.4) is 0 Å². The number of benzene rings is 1. The summed E-state index contributed by atoms with van der Waals surface area (Å²) in [5.41, 5.74) is 3.40. The summed E-state index contributed by atoms with van der Waals surface area (Å²) in [5, 5.41) is 6.73. The Morgan fingerprint density at radius 3 is 2.52 bits per heavy atom. The van der Waals surface area contributed by atoms with Crippen molar-refractivity contribution in [1.82, 2.24) is 13.7 Å². The zero-order valence-corrected chi connectivity index (χ0v) is 18.0. The lowest BCUT2D eigenvalue weighted by atomic mass is 10.2. The van der Waals surface area contributed by atoms with Crippen molar-refractivity contribution in [3.63, 3.8) is 0 Å². The third kappa shape index (κ3) is 4.71. The SMILES string of the molecule is CCCNc1ccc(S(=O)(=O)N(CC)CC)cc1NCc1cn2ccccc2n1. The standard InChI is InChI=1S/C21H29N5O2S/c1-4-12-22-19-11-10-18(29(27,28)26(5-2)6-3)14-20(19)23-15-17-16-25-13-8-7-9-21(25)24-17/h7-11,13-14,16,22-23H,4-6,12,15H2,1-3H3. The van der Waals surface area contributed by atoms with Gasteiger partial charge in [-0.05, 0) is 36.8 Å². The zero-order chi connectivity index (χ0) is 20.9. The molecule has 0 atom stereocenters. The number of pyridine rings is 1. The van der Waals surface area contributed by atoms with Crippen LogP contribution in [0, 0.1) is 0 Å². The average Bonchev–Trinajstić information content (AvgIpc) is 3.14. The first kappa shape index (κ1) is 21.1. The Kier molecular flexibility index (Phi) is 6.76. The highest BCUT2D eigenvalue weighted by molar-refractivity contribution is 7.89. The summed E-state index contributed by atoms with van der Waals surface area (Å²) in [6.45, 7) is 7.98. The molecule has 3 rings (SSSR count). The predicted molar refractivity (Wildman–Crippen MR) is 118 cm³/mol. The Morgan fingerprint density at radius 2 is 1.83 bits per heavy atom. The van der Waals surface area contributed by atoms with Crippen LogP contribution in [0.1, 0.15) is 32.9 Å². The summed E-state index contributed by atoms with van der Waals surface area (Å²) in [4.78, 5) is 4.89. The molecular weight excluding hydrogens is 386 g/mol. The lowest BCUT2D eigenvalue weighted by Crippen LogP contribution is -2.30. The molecular formula is C21H29N5O2S. The maximum Gasteiger partial charge on any atom is 0.243 e. The van der Waals surface area contributed by atoms with E-state index in [0.29, 0.717) is 24.5 Å². The van der Waals surface area contributed by atoms with E-state index in [-0.39, 0.29) is 0 Å². The summed E-state index contributed by atoms with van der Waals surface area (Å²) < 4.78 is 29.3. The van der Waals surface area contributed by atoms with Gasteiger partial charge in [0.2, 0.25) is 10.0 Å². The van der Waals surface area contributed by atoms with Crippen LogP contribution < -0.4 is 10.6 Å². The number of sulfonamides is 1. The number of nitrogens with one attached hydrogen (secondary N) is 2. The van der Waals surface area contributed by atoms with Crippen LogP contribution in [0.15, 0.2) is 53.7 Å². The molecule has 2 heterocycles. The van der Waals surface area contributed by atoms with Crippen molar-refractivity contribution in [3.05, 3.63) is 54.5 Å². The van der Waals surface area contributed by atoms with Gasteiger partial charge in [-0.1, -0.05) is 26.8 Å². The summed E-state index contributed by atoms with van der Waals surface area (Å²) in [6, 6.07) is 11.1. The van der Waals surface area contributed by atoms with Crippen molar-refractivity contribution in [2.24, 2.45) is 0 Å². The van der Waals surface area contributed by atoms with Crippen LogP contribution in [0.4, 0.5) is 11.4 Å². The smallest absolute Gasteiger partial charge is 0.243 e. The molecule has 0 radical (unpaired) electrons. The minimum Gasteiger partial charge on any atom is -0.383 e. The largest absolute Gasteiger partial charge is 0.383 e. The van der Waals surface area contributed by atoms with E-state index in [4.69, 9.17) is 0 Å². The highest BCUT2D eigenvalue weighted by atomic mass is 32.2. The Morgan fingerprint density at radius 1 is 1.03 bits per heavy atom. The Bertz CT molecular complexity index is 1020. The Balaban J connectivity index is 1.89. The van der Waals surface area contributed by atoms with E-state index in [1.807, 2.05) is 54.9 Å². The molecule has 0 aliphatic carbocycles. The Hall–Kier alpha value is -2.58. The first-order valence-electron chi connectivity index (χ1n) is 10.0. The highest BCUT2D eigenvalue weighted by Crippen LogP contribution is 2.28. The van der Waals surface area contributed by atoms with Crippen LogP contribution in [-0.2, 0) is 16.6 Å². The number of hydrogen-bond donors (Lipinski definition) is 2. The number of rotatable bonds is 10. The molecule has 2 N–H and O–H groups in total. The van der Waals surface area contributed by atoms with Crippen molar-refractivity contribution >= 4 is 27.0 Å². The minimum atomic E-state index is -3.52. The second kappa shape index (κ2) is 9.28. The lowest BCUT2D eigenvalue weighted by Gasteiger charge is -2.20. The molecule has 0 saturated carbocycles. The molecule has 29 heavy (non-hydrogen) atoms. The molecule has 7 nitrogen and oxygen atoms in total. The molecule has 0 saturated heterocycles. The van der Waals surface area contributed by atoms with Crippen LogP contribution in [0.5, 0.6) is 0 Å². The number of hydrogen-bond acceptors (Lipinski definition) is 5. The van der Waals surface area contributed by atoms with Crippen LogP contribution in [0.25, 0.3) is 5.65 Å². The molecule has 0 spiro atoms. The second-order valence-corrected chi connectivity index (χ2v) is 8.71. The molecule has 156 valence electrons. The Labute approximate surface area is 172 Å². The van der Waals surface area contributed by atoms with Crippen molar-refractivity contribution < 1.29 is 8.42 Å². The molecule has 0 fully saturated rings. The summed E-state index contributed by atoms with van der Waals surface area (Å²) in [5.74, 6) is 0. The van der Waals surface area contributed by atoms with Crippen molar-refractivity contribution in [1.29, 1.82) is 0 Å². The van der Waals surface area contributed by atoms with E-state index in [1.54, 1.807) is 12.1 Å². The fourth-order valence-electron chi connectivity index (χ4n) is 3.21. The summed E-state index contributed by atoms with van der Waals surface area (Å²) in [6.07, 6.45) is 4.90. The van der Waals surface area contributed by atoms with E-state index in [9.17, 15) is 8.42 Å². The van der Waals surface area contributed by atoms with Gasteiger partial charge in [0, 0.05) is 32.0 Å². The number of imidazole rings is 1. The van der Waals surface area contributed by atoms with E-state index in [0.717, 1.165) is 35.7 Å². The van der Waals surface area contributed by atoms with E-state index in [1.165, 1.54) is 4.31 Å². The first-order valence-corrected chi connectivity index (χ1v) is 11.5. The molecule has 2 aromatic heterocycles. The molecule has 8 heteroatoms.